The maximum absolute atomic E-state index is 12.6. The van der Waals surface area contributed by atoms with Gasteiger partial charge in [-0.1, -0.05) is 41.9 Å². The van der Waals surface area contributed by atoms with Gasteiger partial charge in [-0.05, 0) is 67.1 Å². The van der Waals surface area contributed by atoms with Gasteiger partial charge in [-0.2, -0.15) is 5.10 Å². The van der Waals surface area contributed by atoms with Crippen molar-refractivity contribution in [3.05, 3.63) is 112 Å². The van der Waals surface area contributed by atoms with Gasteiger partial charge in [0.05, 0.1) is 36.9 Å². The van der Waals surface area contributed by atoms with Crippen molar-refractivity contribution in [1.29, 1.82) is 0 Å². The second kappa shape index (κ2) is 12.6. The zero-order valence-corrected chi connectivity index (χ0v) is 23.3. The Balaban J connectivity index is 1.38. The zero-order valence-electron chi connectivity index (χ0n) is 21.7. The Labute approximate surface area is 237 Å². The van der Waals surface area contributed by atoms with Gasteiger partial charge in [0.1, 0.15) is 11.5 Å². The molecular weight excluding hydrogens is 554 g/mol. The average Bonchev–Trinajstić information content (AvgIpc) is 3.41. The SMILES string of the molecule is CCOC(=O)c1ccc(-c2ccc(C=NNC(=O)c3ccc(N(Cc4ccccc4Cl)S(C)(=O)=O)cc3)o2)cc1. The Morgan fingerprint density at radius 1 is 0.975 bits per heavy atom. The molecule has 11 heteroatoms. The molecule has 0 radical (unpaired) electrons. The number of carbonyl (C=O) groups is 2. The van der Waals surface area contributed by atoms with E-state index in [1.807, 2.05) is 0 Å². The van der Waals surface area contributed by atoms with E-state index in [0.717, 1.165) is 11.8 Å². The molecule has 0 fully saturated rings. The summed E-state index contributed by atoms with van der Waals surface area (Å²) in [5.41, 5.74) is 4.96. The van der Waals surface area contributed by atoms with E-state index in [1.165, 1.54) is 22.7 Å². The molecule has 4 aromatic rings. The quantitative estimate of drug-likeness (QED) is 0.150. The molecule has 0 saturated carbocycles. The fourth-order valence-corrected chi connectivity index (χ4v) is 4.82. The van der Waals surface area contributed by atoms with Crippen molar-refractivity contribution in [2.24, 2.45) is 5.10 Å². The fourth-order valence-electron chi connectivity index (χ4n) is 3.74. The molecule has 0 spiro atoms. The van der Waals surface area contributed by atoms with E-state index >= 15 is 0 Å². The second-order valence-corrected chi connectivity index (χ2v) is 10.9. The molecule has 40 heavy (non-hydrogen) atoms. The highest BCUT2D eigenvalue weighted by molar-refractivity contribution is 7.92. The monoisotopic (exact) mass is 579 g/mol. The fraction of sp³-hybridized carbons (Fsp3) is 0.138. The molecular formula is C29H26ClN3O6S. The molecule has 4 rings (SSSR count). The van der Waals surface area contributed by atoms with Gasteiger partial charge in [-0.3, -0.25) is 9.10 Å². The zero-order chi connectivity index (χ0) is 28.7. The van der Waals surface area contributed by atoms with Crippen LogP contribution in [0.5, 0.6) is 0 Å². The van der Waals surface area contributed by atoms with E-state index in [9.17, 15) is 18.0 Å². The van der Waals surface area contributed by atoms with E-state index in [-0.39, 0.29) is 12.1 Å². The number of hydrogen-bond acceptors (Lipinski definition) is 7. The molecule has 3 aromatic carbocycles. The molecule has 0 unspecified atom stereocenters. The van der Waals surface area contributed by atoms with Gasteiger partial charge in [-0.15, -0.1) is 0 Å². The summed E-state index contributed by atoms with van der Waals surface area (Å²) in [5.74, 6) is 0.0899. The number of hydrazone groups is 1. The number of carbonyl (C=O) groups excluding carboxylic acids is 2. The van der Waals surface area contributed by atoms with E-state index in [1.54, 1.807) is 79.7 Å². The Bertz CT molecular complexity index is 1630. The number of rotatable bonds is 10. The third-order valence-corrected chi connectivity index (χ3v) is 7.26. The van der Waals surface area contributed by atoms with E-state index in [2.05, 4.69) is 10.5 Å². The molecule has 1 aromatic heterocycles. The van der Waals surface area contributed by atoms with Gasteiger partial charge >= 0.3 is 5.97 Å². The van der Waals surface area contributed by atoms with Crippen molar-refractivity contribution >= 4 is 45.4 Å². The van der Waals surface area contributed by atoms with Crippen molar-refractivity contribution in [1.82, 2.24) is 5.43 Å². The Morgan fingerprint density at radius 2 is 1.65 bits per heavy atom. The molecule has 0 atom stereocenters. The molecule has 206 valence electrons. The first-order valence-electron chi connectivity index (χ1n) is 12.2. The van der Waals surface area contributed by atoms with Crippen LogP contribution in [0, 0.1) is 0 Å². The van der Waals surface area contributed by atoms with Crippen LogP contribution in [0.25, 0.3) is 11.3 Å². The van der Waals surface area contributed by atoms with Crippen LogP contribution in [0.4, 0.5) is 5.69 Å². The lowest BCUT2D eigenvalue weighted by Gasteiger charge is -2.23. The molecule has 9 nitrogen and oxygen atoms in total. The lowest BCUT2D eigenvalue weighted by molar-refractivity contribution is 0.0526. The summed E-state index contributed by atoms with van der Waals surface area (Å²) in [6.45, 7) is 2.10. The number of nitrogens with zero attached hydrogens (tertiary/aromatic N) is 2. The number of halogens is 1. The Morgan fingerprint density at radius 3 is 2.30 bits per heavy atom. The summed E-state index contributed by atoms with van der Waals surface area (Å²) in [6.07, 6.45) is 2.47. The number of esters is 1. The van der Waals surface area contributed by atoms with Crippen LogP contribution in [0.3, 0.4) is 0 Å². The first-order valence-corrected chi connectivity index (χ1v) is 14.4. The van der Waals surface area contributed by atoms with Crippen molar-refractivity contribution in [2.75, 3.05) is 17.2 Å². The Kier molecular flexibility index (Phi) is 9.03. The number of benzene rings is 3. The number of amides is 1. The average molecular weight is 580 g/mol. The van der Waals surface area contributed by atoms with Crippen LogP contribution in [0.2, 0.25) is 5.02 Å². The number of nitrogens with one attached hydrogen (secondary N) is 1. The predicted octanol–water partition coefficient (Wildman–Crippen LogP) is 5.51. The minimum absolute atomic E-state index is 0.0506. The molecule has 1 amide bonds. The molecule has 0 bridgehead atoms. The van der Waals surface area contributed by atoms with Crippen molar-refractivity contribution < 1.29 is 27.2 Å². The van der Waals surface area contributed by atoms with Crippen LogP contribution in [0.1, 0.15) is 39.0 Å². The largest absolute Gasteiger partial charge is 0.462 e. The number of hydrogen-bond donors (Lipinski definition) is 1. The maximum Gasteiger partial charge on any atom is 0.338 e. The summed E-state index contributed by atoms with van der Waals surface area (Å²) >= 11 is 6.21. The first-order chi connectivity index (χ1) is 19.2. The smallest absolute Gasteiger partial charge is 0.338 e. The molecule has 0 aliphatic rings. The number of furan rings is 1. The van der Waals surface area contributed by atoms with Crippen LogP contribution in [-0.2, 0) is 21.3 Å². The minimum atomic E-state index is -3.62. The summed E-state index contributed by atoms with van der Waals surface area (Å²) < 4.78 is 36.9. The minimum Gasteiger partial charge on any atom is -0.462 e. The van der Waals surface area contributed by atoms with E-state index in [4.69, 9.17) is 20.8 Å². The number of sulfonamides is 1. The van der Waals surface area contributed by atoms with Gasteiger partial charge in [0.15, 0.2) is 0 Å². The summed E-state index contributed by atoms with van der Waals surface area (Å²) in [6, 6.07) is 23.3. The third-order valence-electron chi connectivity index (χ3n) is 5.75. The van der Waals surface area contributed by atoms with Crippen molar-refractivity contribution in [3.8, 4) is 11.3 Å². The molecule has 1 N–H and O–H groups in total. The van der Waals surface area contributed by atoms with E-state index in [0.29, 0.717) is 40.0 Å². The van der Waals surface area contributed by atoms with Crippen molar-refractivity contribution in [2.45, 2.75) is 13.5 Å². The predicted molar refractivity (Wildman–Crippen MR) is 154 cm³/mol. The summed E-state index contributed by atoms with van der Waals surface area (Å²) in [7, 11) is -3.62. The molecule has 0 saturated heterocycles. The first kappa shape index (κ1) is 28.6. The van der Waals surface area contributed by atoms with Gasteiger partial charge < -0.3 is 9.15 Å². The molecule has 0 aliphatic heterocycles. The van der Waals surface area contributed by atoms with Crippen molar-refractivity contribution in [3.63, 3.8) is 0 Å². The highest BCUT2D eigenvalue weighted by atomic mass is 35.5. The maximum atomic E-state index is 12.6. The highest BCUT2D eigenvalue weighted by Crippen LogP contribution is 2.25. The lowest BCUT2D eigenvalue weighted by atomic mass is 10.1. The second-order valence-electron chi connectivity index (χ2n) is 8.61. The van der Waals surface area contributed by atoms with Crippen LogP contribution in [0.15, 0.2) is 94.4 Å². The number of anilines is 1. The molecule has 1 heterocycles. The Hall–Kier alpha value is -4.41. The van der Waals surface area contributed by atoms with Crippen LogP contribution < -0.4 is 9.73 Å². The van der Waals surface area contributed by atoms with Gasteiger partial charge in [0, 0.05) is 16.1 Å². The van der Waals surface area contributed by atoms with Crippen LogP contribution in [-0.4, -0.2) is 39.4 Å². The topological polar surface area (TPSA) is 118 Å². The van der Waals surface area contributed by atoms with Gasteiger partial charge in [-0.25, -0.2) is 18.6 Å². The lowest BCUT2D eigenvalue weighted by Crippen LogP contribution is -2.29. The summed E-state index contributed by atoms with van der Waals surface area (Å²) in [4.78, 5) is 24.4. The van der Waals surface area contributed by atoms with Gasteiger partial charge in [0.25, 0.3) is 5.91 Å². The molecule has 0 aliphatic carbocycles. The third kappa shape index (κ3) is 7.16. The highest BCUT2D eigenvalue weighted by Gasteiger charge is 2.19. The summed E-state index contributed by atoms with van der Waals surface area (Å²) in [5, 5.41) is 4.40. The van der Waals surface area contributed by atoms with Gasteiger partial charge in [0.2, 0.25) is 10.0 Å². The van der Waals surface area contributed by atoms with Crippen LogP contribution >= 0.6 is 11.6 Å². The normalized spacial score (nSPS) is 11.4. The van der Waals surface area contributed by atoms with E-state index < -0.39 is 21.9 Å². The number of ether oxygens (including phenoxy) is 1. The standard InChI is InChI=1S/C29H26ClN3O6S/c1-3-38-29(35)22-10-8-20(9-11-22)27-17-16-25(39-27)18-31-32-28(34)21-12-14-24(15-13-21)33(40(2,36)37)19-23-6-4-5-7-26(23)30/h4-18H,3,19H2,1-2H3,(H,32,34).